The first-order valence-corrected chi connectivity index (χ1v) is 7.44. The van der Waals surface area contributed by atoms with E-state index in [-0.39, 0.29) is 11.5 Å². The minimum atomic E-state index is -0.956. The van der Waals surface area contributed by atoms with Gasteiger partial charge in [-0.3, -0.25) is 0 Å². The summed E-state index contributed by atoms with van der Waals surface area (Å²) in [6.45, 7) is 2.27. The average molecular weight is 345 g/mol. The van der Waals surface area contributed by atoms with Crippen molar-refractivity contribution in [2.24, 2.45) is 0 Å². The molecular weight excluding hydrogens is 332 g/mol. The van der Waals surface area contributed by atoms with Crippen LogP contribution in [0.2, 0.25) is 0 Å². The molecule has 0 atom stereocenters. The molecule has 2 heterocycles. The summed E-state index contributed by atoms with van der Waals surface area (Å²) in [5.41, 5.74) is 0. The van der Waals surface area contributed by atoms with Gasteiger partial charge in [0.2, 0.25) is 0 Å². The van der Waals surface area contributed by atoms with Gasteiger partial charge in [0.05, 0.1) is 0 Å². The molecule has 2 aromatic rings. The number of hydrogen-bond acceptors (Lipinski definition) is 4. The molecule has 2 aromatic heterocycles. The molecule has 0 aromatic carbocycles. The Hall–Kier alpha value is -1.27. The van der Waals surface area contributed by atoms with Gasteiger partial charge in [-0.25, -0.2) is 4.79 Å². The van der Waals surface area contributed by atoms with Crippen LogP contribution in [0.4, 0.5) is 0 Å². The highest BCUT2D eigenvalue weighted by atomic mass is 79.9. The highest BCUT2D eigenvalue weighted by molar-refractivity contribution is 9.10. The zero-order valence-electron chi connectivity index (χ0n) is 10.3. The minimum absolute atomic E-state index is 0.216. The molecule has 102 valence electrons. The van der Waals surface area contributed by atoms with E-state index in [1.54, 1.807) is 18.2 Å². The SMILES string of the molecule is CCCc1cc(OCc2ccc(Br)o2)c(C(=O)O)s1. The molecule has 0 aliphatic rings. The van der Waals surface area contributed by atoms with Gasteiger partial charge < -0.3 is 14.3 Å². The Balaban J connectivity index is 2.11. The lowest BCUT2D eigenvalue weighted by Gasteiger charge is -2.02. The number of halogens is 1. The predicted octanol–water partition coefficient (Wildman–Crippen LogP) is 4.33. The third kappa shape index (κ3) is 3.61. The van der Waals surface area contributed by atoms with Crippen LogP contribution in [0.1, 0.15) is 33.7 Å². The van der Waals surface area contributed by atoms with Crippen molar-refractivity contribution in [2.45, 2.75) is 26.4 Å². The third-order valence-corrected chi connectivity index (χ3v) is 4.03. The first-order chi connectivity index (χ1) is 9.10. The van der Waals surface area contributed by atoms with Gasteiger partial charge in [0.1, 0.15) is 18.1 Å². The molecule has 0 spiro atoms. The molecule has 0 aliphatic carbocycles. The lowest BCUT2D eigenvalue weighted by molar-refractivity contribution is 0.0697. The highest BCUT2D eigenvalue weighted by Crippen LogP contribution is 2.31. The third-order valence-electron chi connectivity index (χ3n) is 2.44. The lowest BCUT2D eigenvalue weighted by atomic mass is 10.3. The van der Waals surface area contributed by atoms with E-state index in [2.05, 4.69) is 22.9 Å². The molecule has 19 heavy (non-hydrogen) atoms. The molecule has 0 saturated heterocycles. The number of hydrogen-bond donors (Lipinski definition) is 1. The Morgan fingerprint density at radius 1 is 1.53 bits per heavy atom. The van der Waals surface area contributed by atoms with Gasteiger partial charge in [-0.2, -0.15) is 0 Å². The number of aromatic carboxylic acids is 1. The molecule has 1 N–H and O–H groups in total. The van der Waals surface area contributed by atoms with Crippen LogP contribution in [0, 0.1) is 0 Å². The van der Waals surface area contributed by atoms with Crippen molar-refractivity contribution < 1.29 is 19.1 Å². The van der Waals surface area contributed by atoms with Gasteiger partial charge in [-0.1, -0.05) is 13.3 Å². The number of ether oxygens (including phenoxy) is 1. The van der Waals surface area contributed by atoms with E-state index in [9.17, 15) is 4.79 Å². The number of rotatable bonds is 6. The normalized spacial score (nSPS) is 10.6. The summed E-state index contributed by atoms with van der Waals surface area (Å²) in [4.78, 5) is 12.4. The maximum absolute atomic E-state index is 11.2. The van der Waals surface area contributed by atoms with E-state index in [1.165, 1.54) is 11.3 Å². The second kappa shape index (κ2) is 6.25. The fraction of sp³-hybridized carbons (Fsp3) is 0.308. The molecule has 2 rings (SSSR count). The quantitative estimate of drug-likeness (QED) is 0.846. The zero-order chi connectivity index (χ0) is 13.8. The second-order valence-corrected chi connectivity index (χ2v) is 5.87. The lowest BCUT2D eigenvalue weighted by Crippen LogP contribution is -1.99. The number of thiophene rings is 1. The number of carboxylic acids is 1. The van der Waals surface area contributed by atoms with Crippen molar-refractivity contribution in [1.82, 2.24) is 0 Å². The molecule has 0 saturated carbocycles. The van der Waals surface area contributed by atoms with Gasteiger partial charge >= 0.3 is 5.97 Å². The minimum Gasteiger partial charge on any atom is -0.484 e. The Labute approximate surface area is 123 Å². The molecule has 0 radical (unpaired) electrons. The Kier molecular flexibility index (Phi) is 4.66. The zero-order valence-corrected chi connectivity index (χ0v) is 12.7. The number of aryl methyl sites for hydroxylation is 1. The van der Waals surface area contributed by atoms with Crippen molar-refractivity contribution in [3.63, 3.8) is 0 Å². The summed E-state index contributed by atoms with van der Waals surface area (Å²) in [6, 6.07) is 5.35. The topological polar surface area (TPSA) is 59.7 Å². The van der Waals surface area contributed by atoms with Gasteiger partial charge in [-0.05, 0) is 40.5 Å². The van der Waals surface area contributed by atoms with Crippen molar-refractivity contribution >= 4 is 33.2 Å². The van der Waals surface area contributed by atoms with Crippen molar-refractivity contribution in [1.29, 1.82) is 0 Å². The molecule has 0 fully saturated rings. The van der Waals surface area contributed by atoms with Gasteiger partial charge in [0.15, 0.2) is 9.55 Å². The summed E-state index contributed by atoms with van der Waals surface area (Å²) in [5.74, 6) is 0.0999. The summed E-state index contributed by atoms with van der Waals surface area (Å²) in [5, 5.41) is 9.15. The second-order valence-electron chi connectivity index (χ2n) is 3.96. The number of furan rings is 1. The number of carboxylic acid groups (broad SMARTS) is 1. The van der Waals surface area contributed by atoms with Crippen molar-refractivity contribution in [3.05, 3.63) is 38.4 Å². The highest BCUT2D eigenvalue weighted by Gasteiger charge is 2.17. The van der Waals surface area contributed by atoms with Crippen LogP contribution in [0.15, 0.2) is 27.3 Å². The molecule has 0 unspecified atom stereocenters. The van der Waals surface area contributed by atoms with Crippen LogP contribution in [0.25, 0.3) is 0 Å². The molecule has 0 aliphatic heterocycles. The molecular formula is C13H13BrO4S. The van der Waals surface area contributed by atoms with E-state index in [1.807, 2.05) is 0 Å². The van der Waals surface area contributed by atoms with Crippen LogP contribution in [0.3, 0.4) is 0 Å². The van der Waals surface area contributed by atoms with Gasteiger partial charge in [-0.15, -0.1) is 11.3 Å². The van der Waals surface area contributed by atoms with E-state index >= 15 is 0 Å². The fourth-order valence-corrected chi connectivity index (χ4v) is 3.01. The molecule has 0 amide bonds. The van der Waals surface area contributed by atoms with E-state index in [0.717, 1.165) is 17.7 Å². The number of carbonyl (C=O) groups is 1. The summed E-state index contributed by atoms with van der Waals surface area (Å²) < 4.78 is 11.5. The monoisotopic (exact) mass is 344 g/mol. The van der Waals surface area contributed by atoms with Crippen LogP contribution in [-0.4, -0.2) is 11.1 Å². The van der Waals surface area contributed by atoms with Crippen molar-refractivity contribution in [3.8, 4) is 5.75 Å². The van der Waals surface area contributed by atoms with Crippen LogP contribution >= 0.6 is 27.3 Å². The van der Waals surface area contributed by atoms with E-state index < -0.39 is 5.97 Å². The summed E-state index contributed by atoms with van der Waals surface area (Å²) in [6.07, 6.45) is 1.84. The average Bonchev–Trinajstić information content (AvgIpc) is 2.93. The van der Waals surface area contributed by atoms with Crippen LogP contribution in [0.5, 0.6) is 5.75 Å². The Morgan fingerprint density at radius 2 is 2.32 bits per heavy atom. The molecule has 6 heteroatoms. The Bertz CT molecular complexity index is 573. The fourth-order valence-electron chi connectivity index (χ4n) is 1.63. The first-order valence-electron chi connectivity index (χ1n) is 5.83. The molecule has 4 nitrogen and oxygen atoms in total. The smallest absolute Gasteiger partial charge is 0.349 e. The summed E-state index contributed by atoms with van der Waals surface area (Å²) >= 11 is 4.47. The maximum Gasteiger partial charge on any atom is 0.349 e. The largest absolute Gasteiger partial charge is 0.484 e. The predicted molar refractivity (Wildman–Crippen MR) is 76.0 cm³/mol. The van der Waals surface area contributed by atoms with E-state index in [4.69, 9.17) is 14.3 Å². The van der Waals surface area contributed by atoms with Crippen LogP contribution in [-0.2, 0) is 13.0 Å². The Morgan fingerprint density at radius 3 is 2.89 bits per heavy atom. The maximum atomic E-state index is 11.2. The molecule has 0 bridgehead atoms. The first kappa shape index (κ1) is 14.1. The standard InChI is InChI=1S/C13H13BrO4S/c1-2-3-9-6-10(12(19-9)13(15)16)17-7-8-4-5-11(14)18-8/h4-6H,2-3,7H2,1H3,(H,15,16). The summed E-state index contributed by atoms with van der Waals surface area (Å²) in [7, 11) is 0. The van der Waals surface area contributed by atoms with Crippen LogP contribution < -0.4 is 4.74 Å². The van der Waals surface area contributed by atoms with Gasteiger partial charge in [0.25, 0.3) is 0 Å². The van der Waals surface area contributed by atoms with Gasteiger partial charge in [0, 0.05) is 4.88 Å². The van der Waals surface area contributed by atoms with Crippen molar-refractivity contribution in [2.75, 3.05) is 0 Å². The van der Waals surface area contributed by atoms with E-state index in [0.29, 0.717) is 16.2 Å².